The van der Waals surface area contributed by atoms with Crippen LogP contribution in [0.25, 0.3) is 0 Å². The Morgan fingerprint density at radius 2 is 1.74 bits per heavy atom. The quantitative estimate of drug-likeness (QED) is 0.489. The number of nitrogens with one attached hydrogen (secondary N) is 1. The molecule has 3 rings (SSSR count). The van der Waals surface area contributed by atoms with E-state index in [-0.39, 0.29) is 5.91 Å². The van der Waals surface area contributed by atoms with Gasteiger partial charge in [-0.2, -0.15) is 5.10 Å². The Balaban J connectivity index is 1.61. The highest BCUT2D eigenvalue weighted by Gasteiger charge is 2.09. The third-order valence-corrected chi connectivity index (χ3v) is 4.46. The van der Waals surface area contributed by atoms with Crippen molar-refractivity contribution in [2.24, 2.45) is 5.10 Å². The van der Waals surface area contributed by atoms with Gasteiger partial charge in [0.1, 0.15) is 17.3 Å². The zero-order chi connectivity index (χ0) is 19.1. The first-order valence-corrected chi connectivity index (χ1v) is 8.89. The number of nitrogens with zero attached hydrogens (tertiary/aromatic N) is 1. The van der Waals surface area contributed by atoms with Crippen molar-refractivity contribution in [2.45, 2.75) is 9.99 Å². The molecule has 0 fully saturated rings. The second-order valence-corrected chi connectivity index (χ2v) is 6.45. The largest absolute Gasteiger partial charge is 0.497 e. The van der Waals surface area contributed by atoms with Crippen molar-refractivity contribution in [3.05, 3.63) is 72.0 Å². The van der Waals surface area contributed by atoms with Crippen LogP contribution < -0.4 is 14.9 Å². The molecule has 0 aliphatic rings. The van der Waals surface area contributed by atoms with Crippen molar-refractivity contribution in [2.75, 3.05) is 14.2 Å². The third kappa shape index (κ3) is 5.15. The average Bonchev–Trinajstić information content (AvgIpc) is 3.15. The predicted octanol–water partition coefficient (Wildman–Crippen LogP) is 4.21. The Hall–Kier alpha value is -3.19. The Morgan fingerprint density at radius 3 is 2.41 bits per heavy atom. The molecule has 7 heteroatoms. The molecule has 0 aliphatic heterocycles. The van der Waals surface area contributed by atoms with E-state index in [1.165, 1.54) is 32.2 Å². The molecule has 0 bridgehead atoms. The zero-order valence-electron chi connectivity index (χ0n) is 14.8. The SMILES string of the molecule is COc1cc(OC)cc(C(=O)NN=Cc2ccc(Sc3ccccc3)o2)c1. The number of hydrogen-bond donors (Lipinski definition) is 1. The van der Waals surface area contributed by atoms with Gasteiger partial charge in [-0.1, -0.05) is 30.0 Å². The number of benzene rings is 2. The lowest BCUT2D eigenvalue weighted by molar-refractivity contribution is 0.0954. The summed E-state index contributed by atoms with van der Waals surface area (Å²) in [7, 11) is 3.05. The Morgan fingerprint density at radius 1 is 1.04 bits per heavy atom. The van der Waals surface area contributed by atoms with Crippen molar-refractivity contribution in [1.82, 2.24) is 5.43 Å². The number of furan rings is 1. The molecule has 0 spiro atoms. The van der Waals surface area contributed by atoms with Gasteiger partial charge in [0.05, 0.1) is 20.4 Å². The number of carbonyl (C=O) groups is 1. The number of hydrogen-bond acceptors (Lipinski definition) is 6. The highest BCUT2D eigenvalue weighted by Crippen LogP contribution is 2.28. The molecule has 0 atom stereocenters. The maximum atomic E-state index is 12.2. The summed E-state index contributed by atoms with van der Waals surface area (Å²) in [5.74, 6) is 1.21. The standard InChI is InChI=1S/C20H18N2O4S/c1-24-16-10-14(11-17(12-16)25-2)20(23)22-21-13-15-8-9-19(26-15)27-18-6-4-3-5-7-18/h3-13H,1-2H3,(H,22,23). The summed E-state index contributed by atoms with van der Waals surface area (Å²) in [4.78, 5) is 13.3. The van der Waals surface area contributed by atoms with Gasteiger partial charge in [-0.25, -0.2) is 5.43 Å². The van der Waals surface area contributed by atoms with E-state index in [2.05, 4.69) is 10.5 Å². The molecule has 1 amide bonds. The predicted molar refractivity (Wildman–Crippen MR) is 104 cm³/mol. The fourth-order valence-electron chi connectivity index (χ4n) is 2.22. The molecule has 27 heavy (non-hydrogen) atoms. The van der Waals surface area contributed by atoms with Crippen molar-refractivity contribution in [1.29, 1.82) is 0 Å². The van der Waals surface area contributed by atoms with Crippen molar-refractivity contribution < 1.29 is 18.7 Å². The summed E-state index contributed by atoms with van der Waals surface area (Å²) in [5.41, 5.74) is 2.84. The smallest absolute Gasteiger partial charge is 0.271 e. The lowest BCUT2D eigenvalue weighted by Gasteiger charge is -2.07. The number of methoxy groups -OCH3 is 2. The van der Waals surface area contributed by atoms with Crippen LogP contribution in [0.5, 0.6) is 11.5 Å². The van der Waals surface area contributed by atoms with Crippen molar-refractivity contribution in [3.63, 3.8) is 0 Å². The highest BCUT2D eigenvalue weighted by atomic mass is 32.2. The van der Waals surface area contributed by atoms with Gasteiger partial charge in [-0.05, 0) is 36.4 Å². The number of amides is 1. The van der Waals surface area contributed by atoms with E-state index < -0.39 is 0 Å². The van der Waals surface area contributed by atoms with Crippen LogP contribution in [0, 0.1) is 0 Å². The fourth-order valence-corrected chi connectivity index (χ4v) is 3.02. The van der Waals surface area contributed by atoms with Gasteiger partial charge in [-0.15, -0.1) is 0 Å². The summed E-state index contributed by atoms with van der Waals surface area (Å²) in [5, 5.41) is 4.68. The van der Waals surface area contributed by atoms with E-state index in [0.29, 0.717) is 22.8 Å². The Kier molecular flexibility index (Phi) is 6.17. The lowest BCUT2D eigenvalue weighted by Crippen LogP contribution is -2.17. The second kappa shape index (κ2) is 8.95. The maximum Gasteiger partial charge on any atom is 0.271 e. The molecule has 0 unspecified atom stereocenters. The first-order valence-electron chi connectivity index (χ1n) is 8.07. The monoisotopic (exact) mass is 382 g/mol. The minimum atomic E-state index is -0.381. The fraction of sp³-hybridized carbons (Fsp3) is 0.100. The highest BCUT2D eigenvalue weighted by molar-refractivity contribution is 7.99. The summed E-state index contributed by atoms with van der Waals surface area (Å²) in [6, 6.07) is 18.5. The lowest BCUT2D eigenvalue weighted by atomic mass is 10.2. The van der Waals surface area contributed by atoms with E-state index in [0.717, 1.165) is 9.99 Å². The van der Waals surface area contributed by atoms with Crippen LogP contribution in [0.4, 0.5) is 0 Å². The number of rotatable bonds is 7. The van der Waals surface area contributed by atoms with Crippen molar-refractivity contribution in [3.8, 4) is 11.5 Å². The third-order valence-electron chi connectivity index (χ3n) is 3.54. The molecular weight excluding hydrogens is 364 g/mol. The minimum Gasteiger partial charge on any atom is -0.497 e. The topological polar surface area (TPSA) is 73.1 Å². The van der Waals surface area contributed by atoms with Crippen LogP contribution in [0.1, 0.15) is 16.1 Å². The first kappa shape index (κ1) is 18.6. The molecule has 0 aliphatic carbocycles. The minimum absolute atomic E-state index is 0.378. The van der Waals surface area contributed by atoms with Gasteiger partial charge in [0.25, 0.3) is 5.91 Å². The number of ether oxygens (including phenoxy) is 2. The number of carbonyl (C=O) groups excluding carboxylic acids is 1. The van der Waals surface area contributed by atoms with Crippen LogP contribution in [0.2, 0.25) is 0 Å². The van der Waals surface area contributed by atoms with Crippen molar-refractivity contribution >= 4 is 23.9 Å². The summed E-state index contributed by atoms with van der Waals surface area (Å²) < 4.78 is 16.0. The van der Waals surface area contributed by atoms with Gasteiger partial charge in [0, 0.05) is 16.5 Å². The van der Waals surface area contributed by atoms with Crippen LogP contribution in [0.3, 0.4) is 0 Å². The first-order chi connectivity index (χ1) is 13.2. The molecule has 1 aromatic heterocycles. The van der Waals surface area contributed by atoms with Gasteiger partial charge in [0.2, 0.25) is 0 Å². The summed E-state index contributed by atoms with van der Waals surface area (Å²) in [6.07, 6.45) is 1.45. The normalized spacial score (nSPS) is 10.7. The van der Waals surface area contributed by atoms with Crippen LogP contribution in [0.15, 0.2) is 80.2 Å². The second-order valence-electron chi connectivity index (χ2n) is 5.37. The molecule has 3 aromatic rings. The summed E-state index contributed by atoms with van der Waals surface area (Å²) >= 11 is 1.51. The van der Waals surface area contributed by atoms with Gasteiger partial charge < -0.3 is 13.9 Å². The molecule has 0 radical (unpaired) electrons. The molecule has 138 valence electrons. The van der Waals surface area contributed by atoms with Crippen LogP contribution >= 0.6 is 11.8 Å². The molecular formula is C20H18N2O4S. The average molecular weight is 382 g/mol. The molecule has 0 saturated heterocycles. The van der Waals surface area contributed by atoms with E-state index in [4.69, 9.17) is 13.9 Å². The Labute approximate surface area is 161 Å². The molecule has 1 N–H and O–H groups in total. The Bertz CT molecular complexity index is 916. The zero-order valence-corrected chi connectivity index (χ0v) is 15.7. The molecule has 1 heterocycles. The van der Waals surface area contributed by atoms with E-state index in [1.807, 2.05) is 36.4 Å². The van der Waals surface area contributed by atoms with Gasteiger partial charge in [-0.3, -0.25) is 4.79 Å². The molecule has 6 nitrogen and oxygen atoms in total. The number of hydrazone groups is 1. The maximum absolute atomic E-state index is 12.2. The molecule has 0 saturated carbocycles. The van der Waals surface area contributed by atoms with Crippen LogP contribution in [-0.4, -0.2) is 26.3 Å². The summed E-state index contributed by atoms with van der Waals surface area (Å²) in [6.45, 7) is 0. The van der Waals surface area contributed by atoms with Gasteiger partial charge in [0.15, 0.2) is 5.09 Å². The van der Waals surface area contributed by atoms with Gasteiger partial charge >= 0.3 is 0 Å². The van der Waals surface area contributed by atoms with Crippen LogP contribution in [-0.2, 0) is 0 Å². The van der Waals surface area contributed by atoms with E-state index in [1.54, 1.807) is 24.3 Å². The van der Waals surface area contributed by atoms with E-state index in [9.17, 15) is 4.79 Å². The van der Waals surface area contributed by atoms with E-state index >= 15 is 0 Å². The molecule has 2 aromatic carbocycles.